The Bertz CT molecular complexity index is 761. The van der Waals surface area contributed by atoms with Crippen LogP contribution in [0.5, 0.6) is 5.75 Å². The second kappa shape index (κ2) is 7.68. The third-order valence-corrected chi connectivity index (χ3v) is 2.77. The van der Waals surface area contributed by atoms with E-state index in [0.717, 1.165) is 0 Å². The summed E-state index contributed by atoms with van der Waals surface area (Å²) in [5.41, 5.74) is 1.10. The van der Waals surface area contributed by atoms with Crippen LogP contribution in [-0.2, 0) is 9.59 Å². The van der Waals surface area contributed by atoms with E-state index in [4.69, 9.17) is 4.74 Å². The fraction of sp³-hybridized carbons (Fsp3) is 0.133. The lowest BCUT2D eigenvalue weighted by Crippen LogP contribution is -2.20. The molecule has 0 radical (unpaired) electrons. The van der Waals surface area contributed by atoms with Crippen molar-refractivity contribution >= 4 is 29.0 Å². The molecule has 124 valence electrons. The van der Waals surface area contributed by atoms with Gasteiger partial charge >= 0.3 is 5.82 Å². The van der Waals surface area contributed by atoms with E-state index in [1.165, 1.54) is 25.3 Å². The lowest BCUT2D eigenvalue weighted by atomic mass is 10.2. The van der Waals surface area contributed by atoms with Gasteiger partial charge in [0.15, 0.2) is 6.61 Å². The minimum atomic E-state index is -0.687. The average molecular weight is 330 g/mol. The normalized spacial score (nSPS) is 9.88. The van der Waals surface area contributed by atoms with Gasteiger partial charge in [-0.15, -0.1) is 0 Å². The fourth-order valence-corrected chi connectivity index (χ4v) is 1.81. The molecule has 2 amide bonds. The van der Waals surface area contributed by atoms with Gasteiger partial charge in [0.25, 0.3) is 5.91 Å². The van der Waals surface area contributed by atoms with Gasteiger partial charge in [-0.25, -0.2) is 0 Å². The zero-order chi connectivity index (χ0) is 17.5. The zero-order valence-electron chi connectivity index (χ0n) is 12.7. The molecule has 0 aliphatic carbocycles. The van der Waals surface area contributed by atoms with Gasteiger partial charge in [-0.2, -0.15) is 0 Å². The summed E-state index contributed by atoms with van der Waals surface area (Å²) in [5, 5.41) is 16.0. The maximum Gasteiger partial charge on any atom is 0.406 e. The Kier molecular flexibility index (Phi) is 5.40. The van der Waals surface area contributed by atoms with E-state index in [0.29, 0.717) is 11.4 Å². The molecule has 2 aromatic rings. The summed E-state index contributed by atoms with van der Waals surface area (Å²) in [5.74, 6) is -1.22. The Morgan fingerprint density at radius 3 is 2.38 bits per heavy atom. The van der Waals surface area contributed by atoms with Crippen LogP contribution in [0.25, 0.3) is 0 Å². The van der Waals surface area contributed by atoms with Gasteiger partial charge in [-0.3, -0.25) is 9.59 Å². The fourth-order valence-electron chi connectivity index (χ4n) is 1.81. The van der Waals surface area contributed by atoms with Crippen molar-refractivity contribution in [2.75, 3.05) is 17.2 Å². The van der Waals surface area contributed by atoms with E-state index in [2.05, 4.69) is 15.6 Å². The predicted molar refractivity (Wildman–Crippen MR) is 85.8 cm³/mol. The second-order valence-electron chi connectivity index (χ2n) is 4.68. The summed E-state index contributed by atoms with van der Waals surface area (Å²) in [6.07, 6.45) is 1.27. The highest BCUT2D eigenvalue weighted by atomic mass is 16.6. The van der Waals surface area contributed by atoms with Crippen LogP contribution in [0, 0.1) is 10.1 Å². The summed E-state index contributed by atoms with van der Waals surface area (Å²) >= 11 is 0. The third-order valence-electron chi connectivity index (χ3n) is 2.77. The van der Waals surface area contributed by atoms with Crippen molar-refractivity contribution in [2.24, 2.45) is 0 Å². The van der Waals surface area contributed by atoms with Crippen molar-refractivity contribution in [2.45, 2.75) is 6.92 Å². The van der Waals surface area contributed by atoms with Gasteiger partial charge in [0.1, 0.15) is 6.20 Å². The quantitative estimate of drug-likeness (QED) is 0.616. The molecule has 0 atom stereocenters. The van der Waals surface area contributed by atoms with E-state index in [1.807, 2.05) is 0 Å². The van der Waals surface area contributed by atoms with E-state index in [-0.39, 0.29) is 11.7 Å². The molecule has 0 fully saturated rings. The predicted octanol–water partition coefficient (Wildman–Crippen LogP) is 1.97. The number of hydrogen-bond acceptors (Lipinski definition) is 6. The monoisotopic (exact) mass is 330 g/mol. The van der Waals surface area contributed by atoms with Crippen molar-refractivity contribution in [1.82, 2.24) is 4.98 Å². The number of nitro groups is 1. The van der Waals surface area contributed by atoms with Crippen LogP contribution in [0.1, 0.15) is 6.92 Å². The van der Waals surface area contributed by atoms with Gasteiger partial charge < -0.3 is 25.5 Å². The minimum Gasteiger partial charge on any atom is -0.476 e. The largest absolute Gasteiger partial charge is 0.476 e. The molecule has 2 N–H and O–H groups in total. The highest BCUT2D eigenvalue weighted by molar-refractivity contribution is 5.93. The highest BCUT2D eigenvalue weighted by Gasteiger charge is 2.16. The standard InChI is InChI=1S/C15H14N4O5/c1-10(20)17-11-4-6-12(7-5-11)18-14(21)9-24-13-3-2-8-16-15(13)19(22)23/h2-8H,9H2,1H3,(H,17,20)(H,18,21). The number of hydrogen-bond donors (Lipinski definition) is 2. The molecule has 2 rings (SSSR count). The number of carbonyl (C=O) groups excluding carboxylic acids is 2. The topological polar surface area (TPSA) is 123 Å². The minimum absolute atomic E-state index is 0.0846. The van der Waals surface area contributed by atoms with Crippen molar-refractivity contribution in [3.8, 4) is 5.75 Å². The number of nitrogens with one attached hydrogen (secondary N) is 2. The molecule has 0 saturated heterocycles. The van der Waals surface area contributed by atoms with E-state index < -0.39 is 23.3 Å². The van der Waals surface area contributed by atoms with E-state index >= 15 is 0 Å². The molecule has 0 spiro atoms. The van der Waals surface area contributed by atoms with Crippen LogP contribution in [0.2, 0.25) is 0 Å². The number of amides is 2. The summed E-state index contributed by atoms with van der Waals surface area (Å²) in [6.45, 7) is 0.991. The van der Waals surface area contributed by atoms with Crippen LogP contribution in [0.15, 0.2) is 42.6 Å². The number of pyridine rings is 1. The maximum absolute atomic E-state index is 11.8. The summed E-state index contributed by atoms with van der Waals surface area (Å²) in [6, 6.07) is 9.31. The van der Waals surface area contributed by atoms with Crippen LogP contribution in [0.4, 0.5) is 17.2 Å². The van der Waals surface area contributed by atoms with Crippen molar-refractivity contribution in [1.29, 1.82) is 0 Å². The Morgan fingerprint density at radius 2 is 1.79 bits per heavy atom. The number of anilines is 2. The maximum atomic E-state index is 11.8. The Labute approximate surface area is 136 Å². The molecule has 0 aliphatic heterocycles. The van der Waals surface area contributed by atoms with E-state index in [1.54, 1.807) is 24.3 Å². The van der Waals surface area contributed by atoms with Gasteiger partial charge in [0.05, 0.1) is 0 Å². The lowest BCUT2D eigenvalue weighted by molar-refractivity contribution is -0.390. The number of benzene rings is 1. The molecular formula is C15H14N4O5. The first-order chi connectivity index (χ1) is 11.5. The van der Waals surface area contributed by atoms with Crippen LogP contribution >= 0.6 is 0 Å². The Morgan fingerprint density at radius 1 is 1.17 bits per heavy atom. The van der Waals surface area contributed by atoms with Crippen LogP contribution < -0.4 is 15.4 Å². The lowest BCUT2D eigenvalue weighted by Gasteiger charge is -2.08. The summed E-state index contributed by atoms with van der Waals surface area (Å²) < 4.78 is 5.14. The molecule has 0 unspecified atom stereocenters. The van der Waals surface area contributed by atoms with Crippen molar-refractivity contribution in [3.63, 3.8) is 0 Å². The summed E-state index contributed by atoms with van der Waals surface area (Å²) in [4.78, 5) is 36.4. The van der Waals surface area contributed by atoms with Gasteiger partial charge in [-0.1, -0.05) is 0 Å². The molecule has 0 aliphatic rings. The van der Waals surface area contributed by atoms with Crippen LogP contribution in [-0.4, -0.2) is 28.3 Å². The van der Waals surface area contributed by atoms with Crippen molar-refractivity contribution in [3.05, 3.63) is 52.7 Å². The SMILES string of the molecule is CC(=O)Nc1ccc(NC(=O)COc2cccnc2[N+](=O)[O-])cc1. The molecule has 9 nitrogen and oxygen atoms in total. The number of carbonyl (C=O) groups is 2. The van der Waals surface area contributed by atoms with Crippen LogP contribution in [0.3, 0.4) is 0 Å². The smallest absolute Gasteiger partial charge is 0.406 e. The van der Waals surface area contributed by atoms with Crippen molar-refractivity contribution < 1.29 is 19.2 Å². The Hall–Kier alpha value is -3.49. The number of aromatic nitrogens is 1. The molecule has 1 aromatic carbocycles. The zero-order valence-corrected chi connectivity index (χ0v) is 12.7. The summed E-state index contributed by atoms with van der Waals surface area (Å²) in [7, 11) is 0. The number of rotatable bonds is 6. The molecule has 0 bridgehead atoms. The first kappa shape index (κ1) is 16.9. The molecule has 24 heavy (non-hydrogen) atoms. The molecular weight excluding hydrogens is 316 g/mol. The molecule has 9 heteroatoms. The van der Waals surface area contributed by atoms with Gasteiger partial charge in [0.2, 0.25) is 11.7 Å². The van der Waals surface area contributed by atoms with E-state index in [9.17, 15) is 19.7 Å². The first-order valence-electron chi connectivity index (χ1n) is 6.85. The second-order valence-corrected chi connectivity index (χ2v) is 4.68. The first-order valence-corrected chi connectivity index (χ1v) is 6.85. The molecule has 1 aromatic heterocycles. The molecule has 0 saturated carbocycles. The highest BCUT2D eigenvalue weighted by Crippen LogP contribution is 2.22. The van der Waals surface area contributed by atoms with Gasteiger partial charge in [-0.05, 0) is 46.3 Å². The third kappa shape index (κ3) is 4.77. The Balaban J connectivity index is 1.92. The van der Waals surface area contributed by atoms with Gasteiger partial charge in [0, 0.05) is 18.3 Å². The number of nitrogens with zero attached hydrogens (tertiary/aromatic N) is 2. The average Bonchev–Trinajstić information content (AvgIpc) is 2.54. The molecule has 1 heterocycles. The number of ether oxygens (including phenoxy) is 1.